The van der Waals surface area contributed by atoms with Gasteiger partial charge in [-0.15, -0.1) is 0 Å². The fourth-order valence-electron chi connectivity index (χ4n) is 4.23. The molecule has 0 radical (unpaired) electrons. The molecule has 192 valence electrons. The van der Waals surface area contributed by atoms with Crippen LogP contribution in [0.25, 0.3) is 11.2 Å². The van der Waals surface area contributed by atoms with Gasteiger partial charge in [0.05, 0.1) is 13.2 Å². The standard InChI is InChI=1S/C25H32N6O5/c1-35-14-15-36-24-28-22(26)21-23(29-24)31(25(34)27-21)16-18-6-4-17(5-7-18)8-9-19(32)10-11-20(33)30-12-2-3-13-30/h4-7H,2-3,8-16H2,1H3,(H,27,34)(H2,26,28,29). The Labute approximate surface area is 208 Å². The first-order valence-electron chi connectivity index (χ1n) is 12.2. The minimum Gasteiger partial charge on any atom is -0.461 e. The largest absolute Gasteiger partial charge is 0.461 e. The van der Waals surface area contributed by atoms with Gasteiger partial charge in [0.25, 0.3) is 0 Å². The fraction of sp³-hybridized carbons (Fsp3) is 0.480. The highest BCUT2D eigenvalue weighted by atomic mass is 16.5. The number of fused-ring (bicyclic) bond motifs is 1. The number of amides is 1. The highest BCUT2D eigenvalue weighted by Crippen LogP contribution is 2.19. The fourth-order valence-corrected chi connectivity index (χ4v) is 4.23. The number of hydrogen-bond donors (Lipinski definition) is 2. The van der Waals surface area contributed by atoms with Crippen LogP contribution in [0.1, 0.15) is 43.2 Å². The third-order valence-corrected chi connectivity index (χ3v) is 6.28. The zero-order valence-electron chi connectivity index (χ0n) is 20.5. The van der Waals surface area contributed by atoms with E-state index in [2.05, 4.69) is 15.0 Å². The molecule has 0 spiro atoms. The van der Waals surface area contributed by atoms with Gasteiger partial charge in [-0.25, -0.2) is 4.79 Å². The molecule has 1 aliphatic rings. The number of carbonyl (C=O) groups is 2. The summed E-state index contributed by atoms with van der Waals surface area (Å²) in [6.07, 6.45) is 3.70. The molecular formula is C25H32N6O5. The van der Waals surface area contributed by atoms with Crippen molar-refractivity contribution >= 4 is 28.7 Å². The van der Waals surface area contributed by atoms with E-state index in [1.165, 1.54) is 4.57 Å². The summed E-state index contributed by atoms with van der Waals surface area (Å²) < 4.78 is 11.9. The number of benzene rings is 1. The molecule has 1 aliphatic heterocycles. The van der Waals surface area contributed by atoms with E-state index in [1.54, 1.807) is 7.11 Å². The van der Waals surface area contributed by atoms with Gasteiger partial charge in [-0.1, -0.05) is 24.3 Å². The Hall–Kier alpha value is -3.73. The number of anilines is 1. The second-order valence-electron chi connectivity index (χ2n) is 8.89. The molecule has 1 saturated heterocycles. The third kappa shape index (κ3) is 6.28. The van der Waals surface area contributed by atoms with Crippen LogP contribution < -0.4 is 16.2 Å². The zero-order valence-corrected chi connectivity index (χ0v) is 20.5. The lowest BCUT2D eigenvalue weighted by Gasteiger charge is -2.14. The molecule has 3 N–H and O–H groups in total. The number of aromatic amines is 1. The maximum absolute atomic E-state index is 12.6. The van der Waals surface area contributed by atoms with Gasteiger partial charge in [-0.3, -0.25) is 14.2 Å². The number of Topliss-reactive ketones (excluding diaryl/α,β-unsaturated/α-hetero) is 1. The van der Waals surface area contributed by atoms with Crippen LogP contribution in [0.5, 0.6) is 6.01 Å². The average Bonchev–Trinajstić information content (AvgIpc) is 3.52. The Morgan fingerprint density at radius 1 is 1.03 bits per heavy atom. The van der Waals surface area contributed by atoms with E-state index in [1.807, 2.05) is 29.2 Å². The number of carbonyl (C=O) groups excluding carboxylic acids is 2. The van der Waals surface area contributed by atoms with E-state index in [9.17, 15) is 14.4 Å². The number of ether oxygens (including phenoxy) is 2. The summed E-state index contributed by atoms with van der Waals surface area (Å²) >= 11 is 0. The minimum atomic E-state index is -0.349. The quantitative estimate of drug-likeness (QED) is 0.360. The number of H-pyrrole nitrogens is 1. The molecule has 0 bridgehead atoms. The molecule has 0 saturated carbocycles. The number of aromatic nitrogens is 4. The van der Waals surface area contributed by atoms with E-state index in [-0.39, 0.29) is 42.4 Å². The maximum atomic E-state index is 12.6. The molecule has 3 heterocycles. The van der Waals surface area contributed by atoms with Crippen LogP contribution in [0, 0.1) is 0 Å². The van der Waals surface area contributed by atoms with Gasteiger partial charge in [0.2, 0.25) is 5.91 Å². The first-order valence-corrected chi connectivity index (χ1v) is 12.2. The smallest absolute Gasteiger partial charge is 0.328 e. The molecule has 3 aromatic rings. The molecule has 4 rings (SSSR count). The lowest BCUT2D eigenvalue weighted by atomic mass is 10.0. The van der Waals surface area contributed by atoms with Gasteiger partial charge in [0.1, 0.15) is 17.9 Å². The lowest BCUT2D eigenvalue weighted by Crippen LogP contribution is -2.27. The van der Waals surface area contributed by atoms with Crippen LogP contribution in [0.4, 0.5) is 5.82 Å². The molecule has 2 aromatic heterocycles. The Kier molecular flexibility index (Phi) is 8.32. The molecule has 0 atom stereocenters. The molecule has 0 aliphatic carbocycles. The summed E-state index contributed by atoms with van der Waals surface area (Å²) in [4.78, 5) is 49.9. The Bertz CT molecular complexity index is 1260. The molecular weight excluding hydrogens is 464 g/mol. The predicted molar refractivity (Wildman–Crippen MR) is 134 cm³/mol. The van der Waals surface area contributed by atoms with Gasteiger partial charge < -0.3 is 25.1 Å². The van der Waals surface area contributed by atoms with Crippen molar-refractivity contribution in [3.05, 3.63) is 45.9 Å². The van der Waals surface area contributed by atoms with Crippen molar-refractivity contribution < 1.29 is 19.1 Å². The molecule has 11 heteroatoms. The molecule has 1 fully saturated rings. The van der Waals surface area contributed by atoms with Crippen molar-refractivity contribution in [3.8, 4) is 6.01 Å². The van der Waals surface area contributed by atoms with E-state index >= 15 is 0 Å². The molecule has 36 heavy (non-hydrogen) atoms. The van der Waals surface area contributed by atoms with Gasteiger partial charge in [0.15, 0.2) is 11.5 Å². The first-order chi connectivity index (χ1) is 17.4. The van der Waals surface area contributed by atoms with Crippen LogP contribution in [0.15, 0.2) is 29.1 Å². The lowest BCUT2D eigenvalue weighted by molar-refractivity contribution is -0.132. The first kappa shape index (κ1) is 25.4. The normalized spacial score (nSPS) is 13.4. The SMILES string of the molecule is COCCOc1nc(N)c2[nH]c(=O)n(Cc3ccc(CCC(=O)CCC(=O)N4CCCC4)cc3)c2n1. The topological polar surface area (TPSA) is 145 Å². The van der Waals surface area contributed by atoms with Crippen LogP contribution in [0.3, 0.4) is 0 Å². The van der Waals surface area contributed by atoms with E-state index < -0.39 is 0 Å². The summed E-state index contributed by atoms with van der Waals surface area (Å²) in [5.74, 6) is 0.307. The van der Waals surface area contributed by atoms with Crippen LogP contribution >= 0.6 is 0 Å². The van der Waals surface area contributed by atoms with E-state index in [0.717, 1.165) is 37.1 Å². The Morgan fingerprint density at radius 2 is 1.75 bits per heavy atom. The van der Waals surface area contributed by atoms with Crippen LogP contribution in [-0.2, 0) is 27.3 Å². The number of nitrogen functional groups attached to an aromatic ring is 1. The second-order valence-corrected chi connectivity index (χ2v) is 8.89. The van der Waals surface area contributed by atoms with Crippen molar-refractivity contribution in [2.24, 2.45) is 0 Å². The molecule has 1 amide bonds. The third-order valence-electron chi connectivity index (χ3n) is 6.28. The summed E-state index contributed by atoms with van der Waals surface area (Å²) in [6, 6.07) is 7.80. The summed E-state index contributed by atoms with van der Waals surface area (Å²) in [5, 5.41) is 0. The summed E-state index contributed by atoms with van der Waals surface area (Å²) in [5.41, 5.74) is 8.27. The molecule has 11 nitrogen and oxygen atoms in total. The van der Waals surface area contributed by atoms with E-state index in [0.29, 0.717) is 43.5 Å². The Balaban J connectivity index is 1.34. The molecule has 0 unspecified atom stereocenters. The number of hydrogen-bond acceptors (Lipinski definition) is 8. The van der Waals surface area contributed by atoms with Crippen molar-refractivity contribution in [3.63, 3.8) is 0 Å². The number of imidazole rings is 1. The van der Waals surface area contributed by atoms with Crippen molar-refractivity contribution in [1.29, 1.82) is 0 Å². The maximum Gasteiger partial charge on any atom is 0.328 e. The van der Waals surface area contributed by atoms with Crippen molar-refractivity contribution in [2.45, 2.75) is 45.1 Å². The van der Waals surface area contributed by atoms with Gasteiger partial charge >= 0.3 is 11.7 Å². The van der Waals surface area contributed by atoms with Crippen molar-refractivity contribution in [2.75, 3.05) is 39.1 Å². The van der Waals surface area contributed by atoms with Gasteiger partial charge in [-0.05, 0) is 30.4 Å². The number of aryl methyl sites for hydroxylation is 1. The van der Waals surface area contributed by atoms with E-state index in [4.69, 9.17) is 15.2 Å². The highest BCUT2D eigenvalue weighted by Gasteiger charge is 2.18. The number of nitrogens with one attached hydrogen (secondary N) is 1. The van der Waals surface area contributed by atoms with Crippen LogP contribution in [-0.4, -0.2) is 69.5 Å². The van der Waals surface area contributed by atoms with Gasteiger partial charge in [-0.2, -0.15) is 9.97 Å². The number of ketones is 1. The van der Waals surface area contributed by atoms with Gasteiger partial charge in [0, 0.05) is 39.5 Å². The van der Waals surface area contributed by atoms with Crippen molar-refractivity contribution in [1.82, 2.24) is 24.4 Å². The monoisotopic (exact) mass is 496 g/mol. The number of rotatable bonds is 12. The number of likely N-dealkylation sites (tertiary alicyclic amines) is 1. The zero-order chi connectivity index (χ0) is 25.5. The average molecular weight is 497 g/mol. The number of nitrogens with two attached hydrogens (primary N) is 1. The number of methoxy groups -OCH3 is 1. The second kappa shape index (κ2) is 11.8. The number of nitrogens with zero attached hydrogens (tertiary/aromatic N) is 4. The highest BCUT2D eigenvalue weighted by molar-refractivity contribution is 5.85. The summed E-state index contributed by atoms with van der Waals surface area (Å²) in [7, 11) is 1.56. The predicted octanol–water partition coefficient (Wildman–Crippen LogP) is 1.68. The van der Waals surface area contributed by atoms with Crippen LogP contribution in [0.2, 0.25) is 0 Å². The summed E-state index contributed by atoms with van der Waals surface area (Å²) in [6.45, 7) is 2.54. The minimum absolute atomic E-state index is 0.0759. The Morgan fingerprint density at radius 3 is 2.47 bits per heavy atom. The molecule has 1 aromatic carbocycles.